The van der Waals surface area contributed by atoms with Gasteiger partial charge in [-0.25, -0.2) is 9.78 Å². The van der Waals surface area contributed by atoms with Crippen molar-refractivity contribution in [3.63, 3.8) is 0 Å². The third-order valence-corrected chi connectivity index (χ3v) is 1.33. The summed E-state index contributed by atoms with van der Waals surface area (Å²) in [5.41, 5.74) is -0.319. The number of carbonyl (C=O) groups is 1. The number of nitrogens with zero attached hydrogens (tertiary/aromatic N) is 1. The van der Waals surface area contributed by atoms with E-state index in [4.69, 9.17) is 14.9 Å². The Labute approximate surface area is 68.2 Å². The molecule has 12 heavy (non-hydrogen) atoms. The predicted octanol–water partition coefficient (Wildman–Crippen LogP) is 0.494. The lowest BCUT2D eigenvalue weighted by Gasteiger charge is -2.03. The highest BCUT2D eigenvalue weighted by Crippen LogP contribution is 2.24. The zero-order chi connectivity index (χ0) is 9.14. The number of aromatic carboxylic acids is 1. The molecule has 0 fully saturated rings. The Kier molecular flexibility index (Phi) is 2.14. The minimum atomic E-state index is -1.27. The van der Waals surface area contributed by atoms with E-state index in [0.717, 1.165) is 0 Å². The summed E-state index contributed by atoms with van der Waals surface area (Å²) in [6.45, 7) is 0. The molecule has 0 radical (unpaired) electrons. The molecule has 5 heteroatoms. The number of aromatic hydroxyl groups is 1. The third-order valence-electron chi connectivity index (χ3n) is 1.33. The summed E-state index contributed by atoms with van der Waals surface area (Å²) in [5, 5.41) is 17.6. The van der Waals surface area contributed by atoms with Crippen molar-refractivity contribution in [2.45, 2.75) is 0 Å². The Balaban J connectivity index is 3.29. The topological polar surface area (TPSA) is 79.7 Å². The van der Waals surface area contributed by atoms with Crippen molar-refractivity contribution in [3.8, 4) is 11.6 Å². The van der Waals surface area contributed by atoms with Crippen LogP contribution in [0.15, 0.2) is 12.3 Å². The fourth-order valence-corrected chi connectivity index (χ4v) is 0.805. The van der Waals surface area contributed by atoms with Crippen molar-refractivity contribution >= 4 is 5.97 Å². The molecular formula is C7H7NO4. The number of ether oxygens (including phenoxy) is 1. The van der Waals surface area contributed by atoms with E-state index in [0.29, 0.717) is 0 Å². The number of carboxylic acids is 1. The van der Waals surface area contributed by atoms with E-state index >= 15 is 0 Å². The maximum Gasteiger partial charge on any atom is 0.345 e. The summed E-state index contributed by atoms with van der Waals surface area (Å²) in [5.74, 6) is -1.71. The normalized spacial score (nSPS) is 9.42. The molecule has 1 rings (SSSR count). The van der Waals surface area contributed by atoms with Crippen LogP contribution in [-0.4, -0.2) is 28.3 Å². The molecule has 1 aromatic rings. The van der Waals surface area contributed by atoms with Crippen LogP contribution in [0.25, 0.3) is 0 Å². The van der Waals surface area contributed by atoms with Crippen molar-refractivity contribution in [1.82, 2.24) is 4.98 Å². The molecule has 0 saturated carbocycles. The van der Waals surface area contributed by atoms with Crippen LogP contribution in [0, 0.1) is 0 Å². The molecule has 5 nitrogen and oxygen atoms in total. The second-order valence-corrected chi connectivity index (χ2v) is 2.02. The Morgan fingerprint density at radius 2 is 2.33 bits per heavy atom. The van der Waals surface area contributed by atoms with Gasteiger partial charge in [0.15, 0.2) is 5.56 Å². The van der Waals surface area contributed by atoms with Crippen LogP contribution in [0.5, 0.6) is 11.6 Å². The zero-order valence-corrected chi connectivity index (χ0v) is 6.31. The zero-order valence-electron chi connectivity index (χ0n) is 6.31. The molecule has 0 amide bonds. The standard InChI is InChI=1S/C7H7NO4/c1-12-4-2-3-8-6(9)5(4)7(10)11/h2-3H,1H3,(H,8,9)(H,10,11). The molecule has 0 atom stereocenters. The highest BCUT2D eigenvalue weighted by molar-refractivity contribution is 5.93. The summed E-state index contributed by atoms with van der Waals surface area (Å²) in [6, 6.07) is 1.36. The summed E-state index contributed by atoms with van der Waals surface area (Å²) in [6.07, 6.45) is 1.26. The molecule has 0 aromatic carbocycles. The number of aromatic nitrogens is 1. The molecule has 1 heterocycles. The quantitative estimate of drug-likeness (QED) is 0.673. The van der Waals surface area contributed by atoms with Crippen molar-refractivity contribution in [3.05, 3.63) is 17.8 Å². The fourth-order valence-electron chi connectivity index (χ4n) is 0.805. The van der Waals surface area contributed by atoms with Gasteiger partial charge in [0.1, 0.15) is 5.75 Å². The first-order valence-corrected chi connectivity index (χ1v) is 3.12. The lowest BCUT2D eigenvalue weighted by molar-refractivity contribution is 0.0689. The van der Waals surface area contributed by atoms with Crippen LogP contribution in [0.1, 0.15) is 10.4 Å². The molecule has 0 aliphatic carbocycles. The molecule has 0 aliphatic rings. The van der Waals surface area contributed by atoms with Gasteiger partial charge in [-0.05, 0) is 6.07 Å². The lowest BCUT2D eigenvalue weighted by Crippen LogP contribution is -2.01. The molecule has 64 valence electrons. The first-order valence-electron chi connectivity index (χ1n) is 3.12. The second kappa shape index (κ2) is 3.08. The van der Waals surface area contributed by atoms with E-state index in [1.165, 1.54) is 19.4 Å². The number of pyridine rings is 1. The van der Waals surface area contributed by atoms with Crippen molar-refractivity contribution in [2.75, 3.05) is 7.11 Å². The lowest BCUT2D eigenvalue weighted by atomic mass is 10.2. The number of rotatable bonds is 2. The first-order chi connectivity index (χ1) is 5.66. The van der Waals surface area contributed by atoms with E-state index < -0.39 is 11.8 Å². The minimum Gasteiger partial charge on any atom is -0.496 e. The summed E-state index contributed by atoms with van der Waals surface area (Å²) in [7, 11) is 1.32. The van der Waals surface area contributed by atoms with Gasteiger partial charge in [0.05, 0.1) is 7.11 Å². The maximum atomic E-state index is 10.5. The maximum absolute atomic E-state index is 10.5. The summed E-state index contributed by atoms with van der Waals surface area (Å²) >= 11 is 0. The number of methoxy groups -OCH3 is 1. The van der Waals surface area contributed by atoms with Crippen LogP contribution >= 0.6 is 0 Å². The van der Waals surface area contributed by atoms with Gasteiger partial charge < -0.3 is 14.9 Å². The smallest absolute Gasteiger partial charge is 0.345 e. The van der Waals surface area contributed by atoms with Gasteiger partial charge in [-0.2, -0.15) is 0 Å². The second-order valence-electron chi connectivity index (χ2n) is 2.02. The van der Waals surface area contributed by atoms with Crippen molar-refractivity contribution < 1.29 is 19.7 Å². The van der Waals surface area contributed by atoms with Crippen LogP contribution in [-0.2, 0) is 0 Å². The fraction of sp³-hybridized carbons (Fsp3) is 0.143. The number of hydrogen-bond acceptors (Lipinski definition) is 4. The molecule has 0 unspecified atom stereocenters. The Morgan fingerprint density at radius 3 is 2.75 bits per heavy atom. The molecule has 0 saturated heterocycles. The predicted molar refractivity (Wildman–Crippen MR) is 39.4 cm³/mol. The molecule has 0 bridgehead atoms. The van der Waals surface area contributed by atoms with E-state index in [1.807, 2.05) is 0 Å². The summed E-state index contributed by atoms with van der Waals surface area (Å²) in [4.78, 5) is 13.9. The monoisotopic (exact) mass is 169 g/mol. The van der Waals surface area contributed by atoms with Gasteiger partial charge >= 0.3 is 5.97 Å². The first kappa shape index (κ1) is 8.32. The van der Waals surface area contributed by atoms with Crippen molar-refractivity contribution in [2.24, 2.45) is 0 Å². The van der Waals surface area contributed by atoms with Crippen LogP contribution in [0.2, 0.25) is 0 Å². The summed E-state index contributed by atoms with van der Waals surface area (Å²) < 4.78 is 4.71. The van der Waals surface area contributed by atoms with E-state index in [1.54, 1.807) is 0 Å². The van der Waals surface area contributed by atoms with Gasteiger partial charge in [-0.3, -0.25) is 0 Å². The highest BCUT2D eigenvalue weighted by atomic mass is 16.5. The molecule has 2 N–H and O–H groups in total. The Hall–Kier alpha value is -1.78. The molecule has 1 aromatic heterocycles. The highest BCUT2D eigenvalue weighted by Gasteiger charge is 2.16. The van der Waals surface area contributed by atoms with Crippen molar-refractivity contribution in [1.29, 1.82) is 0 Å². The van der Waals surface area contributed by atoms with Crippen LogP contribution < -0.4 is 4.74 Å². The van der Waals surface area contributed by atoms with Gasteiger partial charge in [0, 0.05) is 6.20 Å². The van der Waals surface area contributed by atoms with Gasteiger partial charge in [0.25, 0.3) is 0 Å². The molecule has 0 spiro atoms. The van der Waals surface area contributed by atoms with Gasteiger partial charge in [0.2, 0.25) is 5.88 Å². The minimum absolute atomic E-state index is 0.0926. The average molecular weight is 169 g/mol. The van der Waals surface area contributed by atoms with E-state index in [-0.39, 0.29) is 11.3 Å². The largest absolute Gasteiger partial charge is 0.496 e. The number of hydrogen-bond donors (Lipinski definition) is 2. The van der Waals surface area contributed by atoms with E-state index in [2.05, 4.69) is 4.98 Å². The number of carboxylic acid groups (broad SMARTS) is 1. The molecular weight excluding hydrogens is 162 g/mol. The van der Waals surface area contributed by atoms with Crippen LogP contribution in [0.3, 0.4) is 0 Å². The van der Waals surface area contributed by atoms with Gasteiger partial charge in [-0.1, -0.05) is 0 Å². The Morgan fingerprint density at radius 1 is 1.67 bits per heavy atom. The molecule has 0 aliphatic heterocycles. The average Bonchev–Trinajstić information content (AvgIpc) is 2.03. The van der Waals surface area contributed by atoms with E-state index in [9.17, 15) is 4.79 Å². The Bertz CT molecular complexity index is 310. The third kappa shape index (κ3) is 1.29. The SMILES string of the molecule is COc1ccnc(O)c1C(=O)O. The van der Waals surface area contributed by atoms with Crippen LogP contribution in [0.4, 0.5) is 0 Å². The van der Waals surface area contributed by atoms with Gasteiger partial charge in [-0.15, -0.1) is 0 Å².